The molecule has 0 amide bonds. The summed E-state index contributed by atoms with van der Waals surface area (Å²) in [6.45, 7) is 5.27. The molecule has 1 saturated heterocycles. The van der Waals surface area contributed by atoms with Crippen LogP contribution in [-0.4, -0.2) is 55.7 Å². The maximum Gasteiger partial charge on any atom is 0.227 e. The van der Waals surface area contributed by atoms with Crippen molar-refractivity contribution in [3.8, 4) is 11.4 Å². The van der Waals surface area contributed by atoms with Gasteiger partial charge in [-0.15, -0.1) is 10.2 Å². The summed E-state index contributed by atoms with van der Waals surface area (Å²) < 4.78 is 8.00. The van der Waals surface area contributed by atoms with Crippen molar-refractivity contribution in [1.29, 1.82) is 0 Å². The van der Waals surface area contributed by atoms with E-state index in [0.717, 1.165) is 54.5 Å². The van der Waals surface area contributed by atoms with Gasteiger partial charge in [0.1, 0.15) is 0 Å². The van der Waals surface area contributed by atoms with Crippen LogP contribution < -0.4 is 4.90 Å². The van der Waals surface area contributed by atoms with Crippen LogP contribution >= 0.6 is 0 Å². The Hall–Kier alpha value is -3.26. The smallest absolute Gasteiger partial charge is 0.227 e. The van der Waals surface area contributed by atoms with Crippen LogP contribution in [0.15, 0.2) is 48.8 Å². The van der Waals surface area contributed by atoms with Crippen molar-refractivity contribution in [3.05, 3.63) is 54.4 Å². The molecule has 5 rings (SSSR count). The molecule has 0 radical (unpaired) electrons. The summed E-state index contributed by atoms with van der Waals surface area (Å²) in [6.07, 6.45) is 4.73. The van der Waals surface area contributed by atoms with E-state index in [1.807, 2.05) is 12.3 Å². The summed E-state index contributed by atoms with van der Waals surface area (Å²) in [4.78, 5) is 6.76. The number of fused-ring (bicyclic) bond motifs is 1. The molecule has 148 valence electrons. The van der Waals surface area contributed by atoms with Crippen molar-refractivity contribution < 1.29 is 4.74 Å². The second-order valence-electron chi connectivity index (χ2n) is 7.41. The number of pyridine rings is 1. The zero-order chi connectivity index (χ0) is 19.6. The first kappa shape index (κ1) is 17.8. The second-order valence-corrected chi connectivity index (χ2v) is 7.41. The summed E-state index contributed by atoms with van der Waals surface area (Å²) >= 11 is 0. The van der Waals surface area contributed by atoms with E-state index in [-0.39, 0.29) is 6.10 Å². The van der Waals surface area contributed by atoms with Crippen LogP contribution in [0.1, 0.15) is 18.9 Å². The number of nitrogens with zero attached hydrogens (tertiary/aromatic N) is 6. The highest BCUT2D eigenvalue weighted by Gasteiger charge is 2.23. The Labute approximate surface area is 168 Å². The highest BCUT2D eigenvalue weighted by atomic mass is 16.5. The minimum atomic E-state index is 0.159. The van der Waals surface area contributed by atoms with Gasteiger partial charge in [-0.1, -0.05) is 30.3 Å². The van der Waals surface area contributed by atoms with E-state index in [9.17, 15) is 0 Å². The van der Waals surface area contributed by atoms with E-state index >= 15 is 0 Å². The van der Waals surface area contributed by atoms with E-state index < -0.39 is 0 Å². The number of anilines is 1. The van der Waals surface area contributed by atoms with E-state index in [2.05, 4.69) is 72.1 Å². The predicted molar refractivity (Wildman–Crippen MR) is 111 cm³/mol. The van der Waals surface area contributed by atoms with Gasteiger partial charge in [0, 0.05) is 36.8 Å². The molecule has 0 bridgehead atoms. The predicted octanol–water partition coefficient (Wildman–Crippen LogP) is 2.88. The van der Waals surface area contributed by atoms with Crippen molar-refractivity contribution in [3.63, 3.8) is 0 Å². The van der Waals surface area contributed by atoms with Gasteiger partial charge in [0.15, 0.2) is 11.5 Å². The van der Waals surface area contributed by atoms with E-state index in [1.54, 1.807) is 6.20 Å². The Balaban J connectivity index is 1.59. The van der Waals surface area contributed by atoms with E-state index in [1.165, 1.54) is 5.56 Å². The van der Waals surface area contributed by atoms with Crippen LogP contribution in [0.5, 0.6) is 0 Å². The van der Waals surface area contributed by atoms with Gasteiger partial charge in [-0.25, -0.2) is 4.98 Å². The molecule has 8 nitrogen and oxygen atoms in total. The summed E-state index contributed by atoms with van der Waals surface area (Å²) in [6, 6.07) is 12.4. The average Bonchev–Trinajstić information content (AvgIpc) is 3.31. The molecule has 1 aliphatic heterocycles. The molecule has 29 heavy (non-hydrogen) atoms. The summed E-state index contributed by atoms with van der Waals surface area (Å²) in [7, 11) is 0. The molecule has 1 aromatic carbocycles. The molecule has 1 N–H and O–H groups in total. The molecule has 8 heteroatoms. The third-order valence-electron chi connectivity index (χ3n) is 5.20. The number of hydrogen-bond acceptors (Lipinski definition) is 6. The molecule has 3 aromatic heterocycles. The summed E-state index contributed by atoms with van der Waals surface area (Å²) in [5.74, 6) is 1.67. The molecule has 1 atom stereocenters. The van der Waals surface area contributed by atoms with Crippen LogP contribution in [0.2, 0.25) is 0 Å². The standard InChI is InChI=1S/C21H23N7O/c1-15-13-27(8-5-9-29-15)21-26-25-20(28(21)14-16-6-3-2-4-7-16)18-10-17-12-23-24-19(17)22-11-18/h2-4,6-7,10-12,15H,5,8-9,13-14H2,1H3,(H,22,23,24). The number of ether oxygens (including phenoxy) is 1. The molecular weight excluding hydrogens is 366 g/mol. The molecule has 0 aliphatic carbocycles. The third kappa shape index (κ3) is 3.58. The maximum absolute atomic E-state index is 5.82. The highest BCUT2D eigenvalue weighted by Crippen LogP contribution is 2.26. The molecule has 0 spiro atoms. The molecule has 1 unspecified atom stereocenters. The van der Waals surface area contributed by atoms with Crippen LogP contribution in [0.4, 0.5) is 5.95 Å². The molecule has 0 saturated carbocycles. The van der Waals surface area contributed by atoms with Crippen molar-refractivity contribution in [2.45, 2.75) is 26.0 Å². The first-order valence-corrected chi connectivity index (χ1v) is 9.91. The number of H-pyrrole nitrogens is 1. The van der Waals surface area contributed by atoms with Gasteiger partial charge < -0.3 is 9.64 Å². The Morgan fingerprint density at radius 1 is 1.17 bits per heavy atom. The second kappa shape index (κ2) is 7.63. The monoisotopic (exact) mass is 389 g/mol. The zero-order valence-electron chi connectivity index (χ0n) is 16.3. The minimum absolute atomic E-state index is 0.159. The van der Waals surface area contributed by atoms with Crippen LogP contribution in [0.25, 0.3) is 22.4 Å². The molecule has 1 fully saturated rings. The molecule has 1 aliphatic rings. The van der Waals surface area contributed by atoms with E-state index in [4.69, 9.17) is 4.74 Å². The lowest BCUT2D eigenvalue weighted by Gasteiger charge is -2.24. The van der Waals surface area contributed by atoms with Gasteiger partial charge in [0.2, 0.25) is 5.95 Å². The Kier molecular flexibility index (Phi) is 4.69. The quantitative estimate of drug-likeness (QED) is 0.578. The largest absolute Gasteiger partial charge is 0.377 e. The Morgan fingerprint density at radius 3 is 2.97 bits per heavy atom. The number of nitrogens with one attached hydrogen (secondary N) is 1. The van der Waals surface area contributed by atoms with Gasteiger partial charge in [-0.3, -0.25) is 9.67 Å². The summed E-state index contributed by atoms with van der Waals surface area (Å²) in [5.41, 5.74) is 2.89. The Morgan fingerprint density at radius 2 is 2.07 bits per heavy atom. The van der Waals surface area contributed by atoms with Crippen LogP contribution in [-0.2, 0) is 11.3 Å². The number of aromatic nitrogens is 6. The molecular formula is C21H23N7O. The van der Waals surface area contributed by atoms with Crippen molar-refractivity contribution >= 4 is 17.0 Å². The minimum Gasteiger partial charge on any atom is -0.377 e. The molecule has 4 aromatic rings. The van der Waals surface area contributed by atoms with Crippen molar-refractivity contribution in [2.75, 3.05) is 24.6 Å². The Bertz CT molecular complexity index is 1100. The fourth-order valence-electron chi connectivity index (χ4n) is 3.79. The topological polar surface area (TPSA) is 84.8 Å². The maximum atomic E-state index is 5.82. The van der Waals surface area contributed by atoms with Crippen molar-refractivity contribution in [2.24, 2.45) is 0 Å². The SMILES string of the molecule is CC1CN(c2nnc(-c3cnc4[nH]ncc4c3)n2Cc2ccccc2)CCCO1. The number of hydrogen-bond donors (Lipinski definition) is 1. The third-order valence-corrected chi connectivity index (χ3v) is 5.20. The van der Waals surface area contributed by atoms with E-state index in [0.29, 0.717) is 6.54 Å². The fraction of sp³-hybridized carbons (Fsp3) is 0.333. The number of benzene rings is 1. The van der Waals surface area contributed by atoms with Crippen molar-refractivity contribution in [1.82, 2.24) is 29.9 Å². The van der Waals surface area contributed by atoms with Gasteiger partial charge >= 0.3 is 0 Å². The molecule has 4 heterocycles. The van der Waals surface area contributed by atoms with Crippen LogP contribution in [0, 0.1) is 0 Å². The van der Waals surface area contributed by atoms with Gasteiger partial charge in [-0.05, 0) is 25.0 Å². The lowest BCUT2D eigenvalue weighted by atomic mass is 10.2. The number of aromatic amines is 1. The average molecular weight is 389 g/mol. The van der Waals surface area contributed by atoms with Crippen LogP contribution in [0.3, 0.4) is 0 Å². The first-order valence-electron chi connectivity index (χ1n) is 9.91. The van der Waals surface area contributed by atoms with Gasteiger partial charge in [0.25, 0.3) is 0 Å². The summed E-state index contributed by atoms with van der Waals surface area (Å²) in [5, 5.41) is 17.1. The normalized spacial score (nSPS) is 17.6. The lowest BCUT2D eigenvalue weighted by molar-refractivity contribution is 0.0819. The lowest BCUT2D eigenvalue weighted by Crippen LogP contribution is -2.32. The van der Waals surface area contributed by atoms with Gasteiger partial charge in [-0.2, -0.15) is 5.10 Å². The number of rotatable bonds is 4. The first-order chi connectivity index (χ1) is 14.3. The zero-order valence-corrected chi connectivity index (χ0v) is 16.3. The van der Waals surface area contributed by atoms with Gasteiger partial charge in [0.05, 0.1) is 18.8 Å². The fourth-order valence-corrected chi connectivity index (χ4v) is 3.79. The highest BCUT2D eigenvalue weighted by molar-refractivity contribution is 5.78.